The van der Waals surface area contributed by atoms with Crippen LogP contribution < -0.4 is 14.5 Å². The lowest BCUT2D eigenvalue weighted by molar-refractivity contribution is -0.131. The number of hydrogen-bond acceptors (Lipinski definition) is 5. The summed E-state index contributed by atoms with van der Waals surface area (Å²) in [5.41, 5.74) is 5.36. The molecule has 2 aliphatic rings. The van der Waals surface area contributed by atoms with E-state index in [9.17, 15) is 9.59 Å². The van der Waals surface area contributed by atoms with Crippen LogP contribution in [-0.4, -0.2) is 56.5 Å². The summed E-state index contributed by atoms with van der Waals surface area (Å²) in [6.07, 6.45) is 1.87. The van der Waals surface area contributed by atoms with E-state index in [1.54, 1.807) is 12.0 Å². The second-order valence-corrected chi connectivity index (χ2v) is 11.5. The number of methoxy groups -OCH3 is 1. The van der Waals surface area contributed by atoms with Crippen LogP contribution in [0.3, 0.4) is 0 Å². The summed E-state index contributed by atoms with van der Waals surface area (Å²) < 4.78 is 6.14. The van der Waals surface area contributed by atoms with Gasteiger partial charge in [-0.2, -0.15) is 0 Å². The quantitative estimate of drug-likeness (QED) is 0.346. The van der Waals surface area contributed by atoms with E-state index in [-0.39, 0.29) is 18.4 Å². The number of benzene rings is 3. The van der Waals surface area contributed by atoms with Crippen LogP contribution in [0.1, 0.15) is 16.7 Å². The van der Waals surface area contributed by atoms with Crippen LogP contribution in [0.25, 0.3) is 6.08 Å². The number of thioether (sulfide) groups is 1. The summed E-state index contributed by atoms with van der Waals surface area (Å²) in [4.78, 5) is 34.5. The Kier molecular flexibility index (Phi) is 7.81. The van der Waals surface area contributed by atoms with E-state index in [0.29, 0.717) is 18.0 Å². The topological polar surface area (TPSA) is 53.1 Å². The lowest BCUT2D eigenvalue weighted by Crippen LogP contribution is -2.52. The summed E-state index contributed by atoms with van der Waals surface area (Å²) in [7, 11) is 1.62. The summed E-state index contributed by atoms with van der Waals surface area (Å²) in [6, 6.07) is 19.9. The second-order valence-electron chi connectivity index (χ2n) is 9.52. The molecule has 5 rings (SSSR count). The van der Waals surface area contributed by atoms with Gasteiger partial charge in [0.1, 0.15) is 12.3 Å². The molecule has 2 amide bonds. The van der Waals surface area contributed by atoms with E-state index >= 15 is 0 Å². The maximum absolute atomic E-state index is 13.6. The summed E-state index contributed by atoms with van der Waals surface area (Å²) >= 11 is 4.95. The molecule has 3 aromatic carbocycles. The molecule has 38 heavy (non-hydrogen) atoms. The Balaban J connectivity index is 1.33. The molecule has 0 atom stereocenters. The predicted octanol–water partition coefficient (Wildman–Crippen LogP) is 5.90. The maximum Gasteiger partial charge on any atom is 0.265 e. The van der Waals surface area contributed by atoms with Gasteiger partial charge in [-0.1, -0.05) is 42.1 Å². The SMILES string of the molecule is COc1ccc(C=C2Sc3ccccc3N(CC(=O)N3CCN(c4cc(C)ccc4C)CC3)C2=O)cc1Br. The highest BCUT2D eigenvalue weighted by molar-refractivity contribution is 9.10. The molecule has 0 N–H and O–H groups in total. The number of carbonyl (C=O) groups is 2. The highest BCUT2D eigenvalue weighted by Gasteiger charge is 2.32. The molecule has 0 unspecified atom stereocenters. The standard InChI is InChI=1S/C30H30BrN3O3S/c1-20-8-9-21(2)25(16-20)32-12-14-33(15-13-32)29(35)19-34-24-6-4-5-7-27(24)38-28(30(34)36)18-22-10-11-26(37-3)23(31)17-22/h4-11,16-18H,12-15,19H2,1-3H3. The fourth-order valence-corrected chi connectivity index (χ4v) is 6.45. The van der Waals surface area contributed by atoms with Gasteiger partial charge in [-0.15, -0.1) is 0 Å². The Morgan fingerprint density at radius 3 is 2.50 bits per heavy atom. The number of hydrogen-bond donors (Lipinski definition) is 0. The van der Waals surface area contributed by atoms with Crippen molar-refractivity contribution in [2.45, 2.75) is 18.7 Å². The fourth-order valence-electron chi connectivity index (χ4n) is 4.84. The van der Waals surface area contributed by atoms with Crippen LogP contribution in [0.5, 0.6) is 5.75 Å². The largest absolute Gasteiger partial charge is 0.496 e. The number of carbonyl (C=O) groups excluding carboxylic acids is 2. The van der Waals surface area contributed by atoms with Crippen molar-refractivity contribution in [1.29, 1.82) is 0 Å². The molecular formula is C30H30BrN3O3S. The van der Waals surface area contributed by atoms with Crippen LogP contribution in [0.15, 0.2) is 74.9 Å². The number of halogens is 1. The molecule has 0 bridgehead atoms. The van der Waals surface area contributed by atoms with Gasteiger partial charge in [-0.05, 0) is 82.9 Å². The monoisotopic (exact) mass is 591 g/mol. The molecule has 0 aliphatic carbocycles. The molecule has 2 heterocycles. The van der Waals surface area contributed by atoms with Crippen molar-refractivity contribution >= 4 is 57.0 Å². The van der Waals surface area contributed by atoms with Crippen LogP contribution in [0.4, 0.5) is 11.4 Å². The highest BCUT2D eigenvalue weighted by atomic mass is 79.9. The zero-order chi connectivity index (χ0) is 26.8. The first-order valence-electron chi connectivity index (χ1n) is 12.6. The molecule has 1 saturated heterocycles. The number of amides is 2. The van der Waals surface area contributed by atoms with Crippen molar-refractivity contribution in [3.63, 3.8) is 0 Å². The number of ether oxygens (including phenoxy) is 1. The zero-order valence-electron chi connectivity index (χ0n) is 21.7. The minimum atomic E-state index is -0.164. The lowest BCUT2D eigenvalue weighted by atomic mass is 10.1. The Labute approximate surface area is 236 Å². The molecule has 0 radical (unpaired) electrons. The number of aryl methyl sites for hydroxylation is 2. The van der Waals surface area contributed by atoms with E-state index in [2.05, 4.69) is 52.9 Å². The molecule has 2 aliphatic heterocycles. The van der Waals surface area contributed by atoms with Gasteiger partial charge in [0.15, 0.2) is 0 Å². The van der Waals surface area contributed by atoms with E-state index < -0.39 is 0 Å². The van der Waals surface area contributed by atoms with Gasteiger partial charge in [0, 0.05) is 36.8 Å². The molecule has 0 saturated carbocycles. The normalized spacial score (nSPS) is 16.6. The predicted molar refractivity (Wildman–Crippen MR) is 158 cm³/mol. The second kappa shape index (κ2) is 11.3. The van der Waals surface area contributed by atoms with Crippen LogP contribution in [0, 0.1) is 13.8 Å². The molecule has 0 aromatic heterocycles. The van der Waals surface area contributed by atoms with E-state index in [1.807, 2.05) is 53.4 Å². The van der Waals surface area contributed by atoms with Crippen LogP contribution in [0.2, 0.25) is 0 Å². The molecular weight excluding hydrogens is 562 g/mol. The molecule has 196 valence electrons. The minimum Gasteiger partial charge on any atom is -0.496 e. The van der Waals surface area contributed by atoms with Gasteiger partial charge in [-0.3, -0.25) is 14.5 Å². The first-order chi connectivity index (χ1) is 18.3. The molecule has 6 nitrogen and oxygen atoms in total. The van der Waals surface area contributed by atoms with Crippen molar-refractivity contribution in [3.8, 4) is 5.75 Å². The smallest absolute Gasteiger partial charge is 0.265 e. The molecule has 8 heteroatoms. The van der Waals surface area contributed by atoms with Gasteiger partial charge < -0.3 is 14.5 Å². The Morgan fingerprint density at radius 1 is 1.00 bits per heavy atom. The highest BCUT2D eigenvalue weighted by Crippen LogP contribution is 2.42. The van der Waals surface area contributed by atoms with Crippen molar-refractivity contribution in [2.75, 3.05) is 49.6 Å². The third kappa shape index (κ3) is 5.47. The first kappa shape index (κ1) is 26.4. The number of anilines is 2. The Hall–Kier alpha value is -3.23. The number of nitrogens with zero attached hydrogens (tertiary/aromatic N) is 3. The zero-order valence-corrected chi connectivity index (χ0v) is 24.1. The van der Waals surface area contributed by atoms with Gasteiger partial charge >= 0.3 is 0 Å². The van der Waals surface area contributed by atoms with Gasteiger partial charge in [0.05, 0.1) is 22.2 Å². The fraction of sp³-hybridized carbons (Fsp3) is 0.267. The third-order valence-electron chi connectivity index (χ3n) is 6.94. The van der Waals surface area contributed by atoms with Gasteiger partial charge in [-0.25, -0.2) is 0 Å². The van der Waals surface area contributed by atoms with Crippen molar-refractivity contribution in [1.82, 2.24) is 4.90 Å². The molecule has 0 spiro atoms. The molecule has 1 fully saturated rings. The minimum absolute atomic E-state index is 0.0174. The Morgan fingerprint density at radius 2 is 1.76 bits per heavy atom. The lowest BCUT2D eigenvalue weighted by Gasteiger charge is -2.38. The number of para-hydroxylation sites is 1. The third-order valence-corrected chi connectivity index (χ3v) is 8.63. The van der Waals surface area contributed by atoms with Gasteiger partial charge in [0.2, 0.25) is 5.91 Å². The number of fused-ring (bicyclic) bond motifs is 1. The average molecular weight is 593 g/mol. The summed E-state index contributed by atoms with van der Waals surface area (Å²) in [5.74, 6) is 0.528. The van der Waals surface area contributed by atoms with Crippen molar-refractivity contribution in [2.24, 2.45) is 0 Å². The van der Waals surface area contributed by atoms with Crippen molar-refractivity contribution in [3.05, 3.63) is 86.7 Å². The van der Waals surface area contributed by atoms with Gasteiger partial charge in [0.25, 0.3) is 5.91 Å². The first-order valence-corrected chi connectivity index (χ1v) is 14.2. The number of piperazine rings is 1. The van der Waals surface area contributed by atoms with E-state index in [4.69, 9.17) is 4.74 Å². The van der Waals surface area contributed by atoms with Crippen molar-refractivity contribution < 1.29 is 14.3 Å². The summed E-state index contributed by atoms with van der Waals surface area (Å²) in [6.45, 7) is 7.05. The Bertz CT molecular complexity index is 1420. The number of rotatable bonds is 5. The van der Waals surface area contributed by atoms with E-state index in [0.717, 1.165) is 39.5 Å². The maximum atomic E-state index is 13.6. The summed E-state index contributed by atoms with van der Waals surface area (Å²) in [5, 5.41) is 0. The van der Waals surface area contributed by atoms with E-state index in [1.165, 1.54) is 28.6 Å². The van der Waals surface area contributed by atoms with Crippen LogP contribution in [-0.2, 0) is 9.59 Å². The van der Waals surface area contributed by atoms with Crippen LogP contribution >= 0.6 is 27.7 Å². The average Bonchev–Trinajstić information content (AvgIpc) is 2.92. The molecule has 3 aromatic rings.